The van der Waals surface area contributed by atoms with Gasteiger partial charge in [0.1, 0.15) is 5.82 Å². The van der Waals surface area contributed by atoms with E-state index in [2.05, 4.69) is 36.8 Å². The predicted molar refractivity (Wildman–Crippen MR) is 94.8 cm³/mol. The van der Waals surface area contributed by atoms with Gasteiger partial charge < -0.3 is 14.8 Å². The number of hydrogen-bond acceptors (Lipinski definition) is 6. The first-order valence-electron chi connectivity index (χ1n) is 9.23. The Bertz CT molecular complexity index is 851. The van der Waals surface area contributed by atoms with Crippen LogP contribution >= 0.6 is 0 Å². The van der Waals surface area contributed by atoms with E-state index in [1.807, 2.05) is 12.1 Å². The Balaban J connectivity index is 1.33. The lowest BCUT2D eigenvalue weighted by molar-refractivity contribution is -0.286. The van der Waals surface area contributed by atoms with Crippen molar-refractivity contribution < 1.29 is 18.3 Å². The molecule has 0 radical (unpaired) electrons. The number of fused-ring (bicyclic) bond motifs is 4. The third-order valence-corrected chi connectivity index (χ3v) is 5.85. The van der Waals surface area contributed by atoms with E-state index in [1.165, 1.54) is 38.1 Å². The summed E-state index contributed by atoms with van der Waals surface area (Å²) in [4.78, 5) is 2.52. The fraction of sp³-hybridized carbons (Fsp3) is 0.474. The summed E-state index contributed by atoms with van der Waals surface area (Å²) < 4.78 is 35.2. The van der Waals surface area contributed by atoms with Gasteiger partial charge in [-0.2, -0.15) is 0 Å². The molecule has 2 bridgehead atoms. The van der Waals surface area contributed by atoms with Crippen molar-refractivity contribution in [3.05, 3.63) is 30.3 Å². The van der Waals surface area contributed by atoms with Crippen LogP contribution in [0.2, 0.25) is 0 Å². The highest BCUT2D eigenvalue weighted by Gasteiger charge is 2.43. The molecule has 0 spiro atoms. The average molecular weight is 374 g/mol. The first kappa shape index (κ1) is 16.7. The number of aromatic nitrogens is 2. The quantitative estimate of drug-likeness (QED) is 0.889. The van der Waals surface area contributed by atoms with Gasteiger partial charge >= 0.3 is 6.29 Å². The van der Waals surface area contributed by atoms with Gasteiger partial charge in [0.05, 0.1) is 5.69 Å². The monoisotopic (exact) mass is 374 g/mol. The zero-order valence-corrected chi connectivity index (χ0v) is 14.9. The molecular weight excluding hydrogens is 354 g/mol. The molecule has 3 fully saturated rings. The molecular formula is C19H20F2N4O2. The third kappa shape index (κ3) is 2.97. The maximum Gasteiger partial charge on any atom is 0.586 e. The SMILES string of the molecule is C[C@@H]1[C@@H](Nc2ccc(-c3ccc4c(c3)OC(F)(F)O4)nn2)C2CCN1CC2. The second-order valence-electron chi connectivity index (χ2n) is 7.42. The van der Waals surface area contributed by atoms with Gasteiger partial charge in [-0.25, -0.2) is 0 Å². The highest BCUT2D eigenvalue weighted by atomic mass is 19.3. The molecule has 0 aliphatic carbocycles. The summed E-state index contributed by atoms with van der Waals surface area (Å²) in [7, 11) is 0. The molecule has 1 aromatic heterocycles. The van der Waals surface area contributed by atoms with Crippen molar-refractivity contribution >= 4 is 5.82 Å². The lowest BCUT2D eigenvalue weighted by Crippen LogP contribution is -2.59. The van der Waals surface area contributed by atoms with Crippen molar-refractivity contribution in [2.24, 2.45) is 5.92 Å². The van der Waals surface area contributed by atoms with Crippen LogP contribution in [0.25, 0.3) is 11.3 Å². The molecule has 27 heavy (non-hydrogen) atoms. The number of hydrogen-bond donors (Lipinski definition) is 1. The number of piperidine rings is 3. The Kier molecular flexibility index (Phi) is 3.72. The van der Waals surface area contributed by atoms with E-state index in [4.69, 9.17) is 0 Å². The summed E-state index contributed by atoms with van der Waals surface area (Å²) in [5.74, 6) is 1.42. The molecule has 4 aliphatic heterocycles. The van der Waals surface area contributed by atoms with Crippen molar-refractivity contribution in [2.45, 2.75) is 38.1 Å². The minimum Gasteiger partial charge on any atom is -0.395 e. The molecule has 0 saturated carbocycles. The number of benzene rings is 1. The van der Waals surface area contributed by atoms with Crippen LogP contribution in [0.3, 0.4) is 0 Å². The normalized spacial score (nSPS) is 30.3. The van der Waals surface area contributed by atoms with Crippen LogP contribution in [0.5, 0.6) is 11.5 Å². The van der Waals surface area contributed by atoms with Gasteiger partial charge in [0, 0.05) is 17.6 Å². The van der Waals surface area contributed by atoms with Crippen molar-refractivity contribution in [1.29, 1.82) is 0 Å². The van der Waals surface area contributed by atoms with Gasteiger partial charge in [-0.05, 0) is 69.1 Å². The van der Waals surface area contributed by atoms with E-state index in [9.17, 15) is 8.78 Å². The number of nitrogens with one attached hydrogen (secondary N) is 1. The van der Waals surface area contributed by atoms with Crippen molar-refractivity contribution in [3.63, 3.8) is 0 Å². The fourth-order valence-electron chi connectivity index (χ4n) is 4.39. The molecule has 6 nitrogen and oxygen atoms in total. The molecule has 2 atom stereocenters. The predicted octanol–water partition coefficient (Wildman–Crippen LogP) is 3.36. The molecule has 2 aromatic rings. The van der Waals surface area contributed by atoms with E-state index in [0.717, 1.165) is 5.82 Å². The molecule has 5 heterocycles. The van der Waals surface area contributed by atoms with Crippen LogP contribution in [-0.2, 0) is 0 Å². The molecule has 0 amide bonds. The van der Waals surface area contributed by atoms with E-state index in [1.54, 1.807) is 6.07 Å². The first-order chi connectivity index (χ1) is 13.0. The maximum atomic E-state index is 13.2. The molecule has 6 rings (SSSR count). The summed E-state index contributed by atoms with van der Waals surface area (Å²) in [6, 6.07) is 9.17. The zero-order chi connectivity index (χ0) is 18.6. The van der Waals surface area contributed by atoms with E-state index in [-0.39, 0.29) is 11.5 Å². The molecule has 142 valence electrons. The average Bonchev–Trinajstić information content (AvgIpc) is 2.98. The summed E-state index contributed by atoms with van der Waals surface area (Å²) >= 11 is 0. The van der Waals surface area contributed by atoms with Crippen LogP contribution in [0.1, 0.15) is 19.8 Å². The van der Waals surface area contributed by atoms with Gasteiger partial charge in [-0.3, -0.25) is 4.90 Å². The molecule has 8 heteroatoms. The fourth-order valence-corrected chi connectivity index (χ4v) is 4.39. The zero-order valence-electron chi connectivity index (χ0n) is 14.9. The lowest BCUT2D eigenvalue weighted by Gasteiger charge is -2.50. The number of anilines is 1. The highest BCUT2D eigenvalue weighted by Crippen LogP contribution is 2.42. The second-order valence-corrected chi connectivity index (χ2v) is 7.42. The van der Waals surface area contributed by atoms with Crippen molar-refractivity contribution in [1.82, 2.24) is 15.1 Å². The molecule has 1 N–H and O–H groups in total. The van der Waals surface area contributed by atoms with Gasteiger partial charge in [-0.15, -0.1) is 19.0 Å². The van der Waals surface area contributed by atoms with Crippen LogP contribution < -0.4 is 14.8 Å². The Hall–Kier alpha value is -2.48. The number of ether oxygens (including phenoxy) is 2. The van der Waals surface area contributed by atoms with E-state index in [0.29, 0.717) is 29.3 Å². The summed E-state index contributed by atoms with van der Waals surface area (Å²) in [5.41, 5.74) is 1.23. The summed E-state index contributed by atoms with van der Waals surface area (Å²) in [6.45, 7) is 4.61. The molecule has 3 saturated heterocycles. The number of halogens is 2. The van der Waals surface area contributed by atoms with Gasteiger partial charge in [0.2, 0.25) is 0 Å². The Morgan fingerprint density at radius 1 is 1.07 bits per heavy atom. The van der Waals surface area contributed by atoms with Crippen LogP contribution in [0, 0.1) is 5.92 Å². The summed E-state index contributed by atoms with van der Waals surface area (Å²) in [6.07, 6.45) is -1.18. The highest BCUT2D eigenvalue weighted by molar-refractivity contribution is 5.64. The van der Waals surface area contributed by atoms with E-state index < -0.39 is 6.29 Å². The van der Waals surface area contributed by atoms with E-state index >= 15 is 0 Å². The molecule has 1 aromatic carbocycles. The number of alkyl halides is 2. The minimum atomic E-state index is -3.62. The molecule has 4 aliphatic rings. The van der Waals surface area contributed by atoms with Crippen molar-refractivity contribution in [3.8, 4) is 22.8 Å². The second kappa shape index (κ2) is 6.02. The number of rotatable bonds is 3. The standard InChI is InChI=1S/C19H20F2N4O2/c1-11-18(12-6-8-25(11)9-7-12)22-17-5-3-14(23-24-17)13-2-4-15-16(10-13)27-19(20,21)26-15/h2-5,10-12,18H,6-9H2,1H3,(H,22,24)/t11-,18-/m1/s1. The van der Waals surface area contributed by atoms with Gasteiger partial charge in [0.25, 0.3) is 0 Å². The first-order valence-corrected chi connectivity index (χ1v) is 9.23. The minimum absolute atomic E-state index is 0.00241. The van der Waals surface area contributed by atoms with Crippen molar-refractivity contribution in [2.75, 3.05) is 18.4 Å². The third-order valence-electron chi connectivity index (χ3n) is 5.85. The Morgan fingerprint density at radius 3 is 2.56 bits per heavy atom. The van der Waals surface area contributed by atoms with Crippen LogP contribution in [0.4, 0.5) is 14.6 Å². The van der Waals surface area contributed by atoms with Gasteiger partial charge in [0.15, 0.2) is 11.5 Å². The number of nitrogens with zero attached hydrogens (tertiary/aromatic N) is 3. The van der Waals surface area contributed by atoms with Gasteiger partial charge in [-0.1, -0.05) is 0 Å². The lowest BCUT2D eigenvalue weighted by atomic mass is 9.79. The maximum absolute atomic E-state index is 13.2. The Labute approximate surface area is 155 Å². The van der Waals surface area contributed by atoms with Crippen LogP contribution in [0.15, 0.2) is 30.3 Å². The molecule has 0 unspecified atom stereocenters. The topological polar surface area (TPSA) is 59.5 Å². The largest absolute Gasteiger partial charge is 0.586 e. The smallest absolute Gasteiger partial charge is 0.395 e. The summed E-state index contributed by atoms with van der Waals surface area (Å²) in [5, 5.41) is 12.1. The van der Waals surface area contributed by atoms with Crippen LogP contribution in [-0.4, -0.2) is 46.6 Å². The Morgan fingerprint density at radius 2 is 1.85 bits per heavy atom.